The number of nitrogens with one attached hydrogen (secondary N) is 2. The topological polar surface area (TPSA) is 24.1 Å². The Morgan fingerprint density at radius 2 is 1.77 bits per heavy atom. The Morgan fingerprint density at radius 1 is 1.08 bits per heavy atom. The van der Waals surface area contributed by atoms with Crippen LogP contribution in [-0.2, 0) is 0 Å². The second-order valence-corrected chi connectivity index (χ2v) is 5.65. The maximum Gasteiger partial charge on any atom is 0.00180 e. The molecular formula is C11H22N2. The molecule has 1 unspecified atom stereocenters. The van der Waals surface area contributed by atoms with E-state index in [4.69, 9.17) is 0 Å². The Bertz CT molecular complexity index is 179. The second kappa shape index (κ2) is 3.25. The average Bonchev–Trinajstić information content (AvgIpc) is 2.62. The van der Waals surface area contributed by atoms with E-state index in [9.17, 15) is 0 Å². The molecule has 1 aliphatic heterocycles. The number of hydrogen-bond acceptors (Lipinski definition) is 2. The van der Waals surface area contributed by atoms with E-state index in [0.717, 1.165) is 0 Å². The first-order valence-corrected chi connectivity index (χ1v) is 5.54. The van der Waals surface area contributed by atoms with Crippen LogP contribution in [-0.4, -0.2) is 26.2 Å². The molecule has 1 saturated heterocycles. The minimum absolute atomic E-state index is 0.519. The van der Waals surface area contributed by atoms with Crippen LogP contribution in [0.15, 0.2) is 0 Å². The molecule has 13 heavy (non-hydrogen) atoms. The zero-order chi connectivity index (χ0) is 9.36. The van der Waals surface area contributed by atoms with Crippen molar-refractivity contribution in [2.24, 2.45) is 10.8 Å². The fourth-order valence-electron chi connectivity index (χ4n) is 2.08. The Morgan fingerprint density at radius 3 is 2.31 bits per heavy atom. The summed E-state index contributed by atoms with van der Waals surface area (Å²) in [5, 5.41) is 7.07. The highest BCUT2D eigenvalue weighted by Gasteiger charge is 2.37. The van der Waals surface area contributed by atoms with E-state index in [1.165, 1.54) is 45.4 Å². The van der Waals surface area contributed by atoms with Gasteiger partial charge in [-0.2, -0.15) is 0 Å². The van der Waals surface area contributed by atoms with Crippen molar-refractivity contribution in [3.05, 3.63) is 0 Å². The van der Waals surface area contributed by atoms with Gasteiger partial charge in [-0.15, -0.1) is 0 Å². The molecular weight excluding hydrogens is 160 g/mol. The third-order valence-electron chi connectivity index (χ3n) is 3.66. The predicted octanol–water partition coefficient (Wildman–Crippen LogP) is 1.38. The molecule has 0 radical (unpaired) electrons. The van der Waals surface area contributed by atoms with Gasteiger partial charge in [-0.25, -0.2) is 0 Å². The zero-order valence-electron chi connectivity index (χ0n) is 8.95. The predicted molar refractivity (Wildman–Crippen MR) is 55.8 cm³/mol. The first kappa shape index (κ1) is 9.47. The fourth-order valence-corrected chi connectivity index (χ4v) is 2.08. The summed E-state index contributed by atoms with van der Waals surface area (Å²) < 4.78 is 0. The molecule has 1 atom stereocenters. The first-order valence-electron chi connectivity index (χ1n) is 5.54. The van der Waals surface area contributed by atoms with Gasteiger partial charge in [-0.1, -0.05) is 13.8 Å². The van der Waals surface area contributed by atoms with Crippen molar-refractivity contribution >= 4 is 0 Å². The summed E-state index contributed by atoms with van der Waals surface area (Å²) in [6.45, 7) is 9.58. The average molecular weight is 182 g/mol. The highest BCUT2D eigenvalue weighted by molar-refractivity contribution is 4.92. The van der Waals surface area contributed by atoms with E-state index in [-0.39, 0.29) is 0 Å². The van der Waals surface area contributed by atoms with Crippen molar-refractivity contribution in [2.45, 2.75) is 33.1 Å². The fraction of sp³-hybridized carbons (Fsp3) is 1.00. The van der Waals surface area contributed by atoms with Crippen LogP contribution in [0.4, 0.5) is 0 Å². The molecule has 0 spiro atoms. The maximum atomic E-state index is 3.63. The van der Waals surface area contributed by atoms with Crippen LogP contribution in [0.5, 0.6) is 0 Å². The molecule has 0 amide bonds. The third-order valence-corrected chi connectivity index (χ3v) is 3.66. The summed E-state index contributed by atoms with van der Waals surface area (Å²) in [6.07, 6.45) is 4.18. The number of hydrogen-bond donors (Lipinski definition) is 2. The van der Waals surface area contributed by atoms with Gasteiger partial charge in [0.2, 0.25) is 0 Å². The van der Waals surface area contributed by atoms with E-state index in [1.807, 2.05) is 0 Å². The van der Waals surface area contributed by atoms with E-state index in [1.54, 1.807) is 0 Å². The van der Waals surface area contributed by atoms with Crippen LogP contribution in [0.1, 0.15) is 33.1 Å². The molecule has 2 heteroatoms. The minimum atomic E-state index is 0.519. The van der Waals surface area contributed by atoms with Crippen molar-refractivity contribution in [3.8, 4) is 0 Å². The van der Waals surface area contributed by atoms with Crippen molar-refractivity contribution in [2.75, 3.05) is 26.2 Å². The first-order chi connectivity index (χ1) is 6.12. The molecule has 76 valence electrons. The normalized spacial score (nSPS) is 36.5. The number of rotatable bonds is 4. The Balaban J connectivity index is 1.66. The maximum absolute atomic E-state index is 3.63. The lowest BCUT2D eigenvalue weighted by Gasteiger charge is -2.24. The van der Waals surface area contributed by atoms with Crippen molar-refractivity contribution in [3.63, 3.8) is 0 Å². The van der Waals surface area contributed by atoms with Crippen LogP contribution < -0.4 is 10.6 Å². The molecule has 2 N–H and O–H groups in total. The SMILES string of the molecule is CC1(CNCC2(C)CCNC2)CC1. The van der Waals surface area contributed by atoms with Gasteiger partial charge >= 0.3 is 0 Å². The Hall–Kier alpha value is -0.0800. The summed E-state index contributed by atoms with van der Waals surface area (Å²) >= 11 is 0. The van der Waals surface area contributed by atoms with E-state index in [0.29, 0.717) is 10.8 Å². The Labute approximate surface area is 81.5 Å². The van der Waals surface area contributed by atoms with Crippen molar-refractivity contribution < 1.29 is 0 Å². The lowest BCUT2D eigenvalue weighted by Crippen LogP contribution is -2.36. The molecule has 1 heterocycles. The minimum Gasteiger partial charge on any atom is -0.316 e. The van der Waals surface area contributed by atoms with Gasteiger partial charge in [0.1, 0.15) is 0 Å². The largest absolute Gasteiger partial charge is 0.316 e. The van der Waals surface area contributed by atoms with Crippen LogP contribution in [0.3, 0.4) is 0 Å². The molecule has 2 nitrogen and oxygen atoms in total. The summed E-state index contributed by atoms with van der Waals surface area (Å²) in [7, 11) is 0. The van der Waals surface area contributed by atoms with Gasteiger partial charge < -0.3 is 10.6 Å². The van der Waals surface area contributed by atoms with Crippen LogP contribution >= 0.6 is 0 Å². The standard InChI is InChI=1S/C11H22N2/c1-10(3-4-10)7-13-9-11(2)5-6-12-8-11/h12-13H,3-9H2,1-2H3. The summed E-state index contributed by atoms with van der Waals surface area (Å²) in [5.41, 5.74) is 1.17. The van der Waals surface area contributed by atoms with Crippen LogP contribution in [0.2, 0.25) is 0 Å². The van der Waals surface area contributed by atoms with Crippen molar-refractivity contribution in [1.29, 1.82) is 0 Å². The molecule has 0 aromatic rings. The van der Waals surface area contributed by atoms with Gasteiger partial charge in [0.15, 0.2) is 0 Å². The van der Waals surface area contributed by atoms with Gasteiger partial charge in [0.25, 0.3) is 0 Å². The highest BCUT2D eigenvalue weighted by Crippen LogP contribution is 2.44. The molecule has 2 aliphatic rings. The molecule has 0 aromatic carbocycles. The smallest absolute Gasteiger partial charge is 0.00180 e. The summed E-state index contributed by atoms with van der Waals surface area (Å²) in [5.74, 6) is 0. The lowest BCUT2D eigenvalue weighted by atomic mass is 9.90. The van der Waals surface area contributed by atoms with Crippen LogP contribution in [0, 0.1) is 10.8 Å². The molecule has 2 fully saturated rings. The van der Waals surface area contributed by atoms with Crippen LogP contribution in [0.25, 0.3) is 0 Å². The molecule has 1 saturated carbocycles. The Kier molecular flexibility index (Phi) is 2.37. The molecule has 0 bridgehead atoms. The third kappa shape index (κ3) is 2.44. The van der Waals surface area contributed by atoms with E-state index >= 15 is 0 Å². The molecule has 2 rings (SSSR count). The van der Waals surface area contributed by atoms with E-state index in [2.05, 4.69) is 24.5 Å². The zero-order valence-corrected chi connectivity index (χ0v) is 8.95. The van der Waals surface area contributed by atoms with Gasteiger partial charge in [0.05, 0.1) is 0 Å². The quantitative estimate of drug-likeness (QED) is 0.686. The lowest BCUT2D eigenvalue weighted by molar-refractivity contribution is 0.325. The second-order valence-electron chi connectivity index (χ2n) is 5.65. The molecule has 1 aliphatic carbocycles. The van der Waals surface area contributed by atoms with Gasteiger partial charge in [-0.05, 0) is 36.6 Å². The summed E-state index contributed by atoms with van der Waals surface area (Å²) in [4.78, 5) is 0. The van der Waals surface area contributed by atoms with E-state index < -0.39 is 0 Å². The van der Waals surface area contributed by atoms with Crippen molar-refractivity contribution in [1.82, 2.24) is 10.6 Å². The highest BCUT2D eigenvalue weighted by atomic mass is 15.0. The molecule has 0 aromatic heterocycles. The monoisotopic (exact) mass is 182 g/mol. The van der Waals surface area contributed by atoms with Gasteiger partial charge in [0, 0.05) is 19.6 Å². The summed E-state index contributed by atoms with van der Waals surface area (Å²) in [6, 6.07) is 0. The van der Waals surface area contributed by atoms with Gasteiger partial charge in [-0.3, -0.25) is 0 Å².